The summed E-state index contributed by atoms with van der Waals surface area (Å²) in [7, 11) is 0. The van der Waals surface area contributed by atoms with E-state index in [9.17, 15) is 9.59 Å². The van der Waals surface area contributed by atoms with Crippen molar-refractivity contribution in [2.24, 2.45) is 23.2 Å². The van der Waals surface area contributed by atoms with E-state index in [1.165, 1.54) is 6.92 Å². The van der Waals surface area contributed by atoms with Crippen LogP contribution in [0.3, 0.4) is 0 Å². The van der Waals surface area contributed by atoms with Gasteiger partial charge in [-0.05, 0) is 56.3 Å². The number of hydrogen-bond donors (Lipinski definition) is 0. The molecule has 0 aliphatic heterocycles. The second-order valence-electron chi connectivity index (χ2n) is 6.49. The van der Waals surface area contributed by atoms with Crippen molar-refractivity contribution in [2.75, 3.05) is 0 Å². The van der Waals surface area contributed by atoms with Crippen LogP contribution < -0.4 is 0 Å². The first-order valence-electron chi connectivity index (χ1n) is 7.04. The van der Waals surface area contributed by atoms with E-state index in [2.05, 4.69) is 0 Å². The Labute approximate surface area is 127 Å². The number of carbonyl (C=O) groups excluding carboxylic acids is 2. The highest BCUT2D eigenvalue weighted by Crippen LogP contribution is 2.59. The standard InChI is InChI=1S/C14H19IO4/c1-8(16)18-12-5-9-2-3-14(13(17)19-15)6-10(9)4-11(12)7-14/h9-12H,2-7H2,1H3. The minimum Gasteiger partial charge on any atom is -0.462 e. The molecular weight excluding hydrogens is 359 g/mol. The van der Waals surface area contributed by atoms with Crippen molar-refractivity contribution in [1.82, 2.24) is 0 Å². The van der Waals surface area contributed by atoms with Gasteiger partial charge in [-0.25, -0.2) is 0 Å². The molecule has 0 radical (unpaired) electrons. The van der Waals surface area contributed by atoms with E-state index in [4.69, 9.17) is 7.80 Å². The number of fused-ring (bicyclic) bond motifs is 2. The largest absolute Gasteiger partial charge is 0.462 e. The highest BCUT2D eigenvalue weighted by Gasteiger charge is 2.56. The molecule has 3 aliphatic rings. The van der Waals surface area contributed by atoms with Gasteiger partial charge in [0.25, 0.3) is 0 Å². The predicted molar refractivity (Wildman–Crippen MR) is 76.3 cm³/mol. The molecule has 0 aromatic carbocycles. The summed E-state index contributed by atoms with van der Waals surface area (Å²) in [6.45, 7) is 1.47. The van der Waals surface area contributed by atoms with Gasteiger partial charge in [-0.2, -0.15) is 0 Å². The van der Waals surface area contributed by atoms with E-state index in [0.717, 1.165) is 38.5 Å². The minimum absolute atomic E-state index is 0.0146. The second kappa shape index (κ2) is 4.90. The summed E-state index contributed by atoms with van der Waals surface area (Å²) >= 11 is 1.70. The Morgan fingerprint density at radius 3 is 2.58 bits per heavy atom. The fourth-order valence-electron chi connectivity index (χ4n) is 4.70. The van der Waals surface area contributed by atoms with Gasteiger partial charge in [-0.3, -0.25) is 9.59 Å². The van der Waals surface area contributed by atoms with E-state index in [1.807, 2.05) is 0 Å². The average Bonchev–Trinajstić information content (AvgIpc) is 2.38. The molecule has 0 aromatic rings. The van der Waals surface area contributed by atoms with Crippen LogP contribution >= 0.6 is 23.0 Å². The molecule has 0 heterocycles. The van der Waals surface area contributed by atoms with E-state index < -0.39 is 0 Å². The Balaban J connectivity index is 1.84. The van der Waals surface area contributed by atoms with Crippen LogP contribution in [0.15, 0.2) is 0 Å². The van der Waals surface area contributed by atoms with Gasteiger partial charge in [0.1, 0.15) is 6.10 Å². The summed E-state index contributed by atoms with van der Waals surface area (Å²) in [5.74, 6) is 1.32. The lowest BCUT2D eigenvalue weighted by Crippen LogP contribution is -2.53. The number of halogens is 1. The number of ether oxygens (including phenoxy) is 1. The highest BCUT2D eigenvalue weighted by molar-refractivity contribution is 14.1. The monoisotopic (exact) mass is 378 g/mol. The molecule has 5 unspecified atom stereocenters. The average molecular weight is 378 g/mol. The van der Waals surface area contributed by atoms with Crippen LogP contribution in [0.2, 0.25) is 0 Å². The van der Waals surface area contributed by atoms with E-state index in [1.54, 1.807) is 23.0 Å². The van der Waals surface area contributed by atoms with Crippen molar-refractivity contribution >= 4 is 34.9 Å². The van der Waals surface area contributed by atoms with E-state index in [-0.39, 0.29) is 23.5 Å². The van der Waals surface area contributed by atoms with Crippen LogP contribution in [0.1, 0.15) is 45.4 Å². The van der Waals surface area contributed by atoms with Crippen LogP contribution in [0.4, 0.5) is 0 Å². The zero-order chi connectivity index (χ0) is 13.6. The van der Waals surface area contributed by atoms with Crippen LogP contribution in [0.25, 0.3) is 0 Å². The third kappa shape index (κ3) is 2.28. The van der Waals surface area contributed by atoms with Crippen LogP contribution in [0, 0.1) is 23.2 Å². The van der Waals surface area contributed by atoms with Gasteiger partial charge >= 0.3 is 11.9 Å². The first kappa shape index (κ1) is 13.6. The molecule has 5 heteroatoms. The zero-order valence-corrected chi connectivity index (χ0v) is 13.2. The Bertz CT molecular complexity index is 410. The quantitative estimate of drug-likeness (QED) is 0.548. The number of rotatable bonds is 2. The fourth-order valence-corrected chi connectivity index (χ4v) is 5.16. The Kier molecular flexibility index (Phi) is 3.52. The molecule has 0 spiro atoms. The summed E-state index contributed by atoms with van der Waals surface area (Å²) < 4.78 is 10.5. The third-order valence-corrected chi connectivity index (χ3v) is 5.85. The lowest BCUT2D eigenvalue weighted by atomic mass is 9.51. The van der Waals surface area contributed by atoms with Crippen molar-refractivity contribution in [2.45, 2.75) is 51.6 Å². The van der Waals surface area contributed by atoms with Crippen molar-refractivity contribution in [3.05, 3.63) is 0 Å². The molecule has 0 saturated heterocycles. The van der Waals surface area contributed by atoms with Gasteiger partial charge in [0, 0.05) is 6.92 Å². The van der Waals surface area contributed by atoms with Crippen LogP contribution in [0.5, 0.6) is 0 Å². The van der Waals surface area contributed by atoms with Gasteiger partial charge in [-0.15, -0.1) is 0 Å². The normalized spacial score (nSPS) is 43.7. The Hall–Kier alpha value is -0.330. The van der Waals surface area contributed by atoms with E-state index in [0.29, 0.717) is 17.8 Å². The van der Waals surface area contributed by atoms with Crippen LogP contribution in [-0.4, -0.2) is 18.0 Å². The lowest BCUT2D eigenvalue weighted by molar-refractivity contribution is -0.172. The lowest BCUT2D eigenvalue weighted by Gasteiger charge is -2.55. The molecule has 3 saturated carbocycles. The van der Waals surface area contributed by atoms with Crippen molar-refractivity contribution in [3.8, 4) is 0 Å². The molecule has 3 bridgehead atoms. The van der Waals surface area contributed by atoms with Crippen molar-refractivity contribution < 1.29 is 17.4 Å². The molecule has 5 atom stereocenters. The van der Waals surface area contributed by atoms with Gasteiger partial charge in [0.05, 0.1) is 5.41 Å². The topological polar surface area (TPSA) is 52.6 Å². The number of esters is 1. The Morgan fingerprint density at radius 2 is 1.89 bits per heavy atom. The summed E-state index contributed by atoms with van der Waals surface area (Å²) in [5, 5.41) is 0. The minimum atomic E-state index is -0.301. The van der Waals surface area contributed by atoms with Crippen molar-refractivity contribution in [3.63, 3.8) is 0 Å². The highest BCUT2D eigenvalue weighted by atomic mass is 127. The van der Waals surface area contributed by atoms with Gasteiger partial charge in [0.2, 0.25) is 0 Å². The molecular formula is C14H19IO4. The molecule has 106 valence electrons. The molecule has 0 N–H and O–H groups in total. The molecule has 3 aliphatic carbocycles. The SMILES string of the molecule is CC(=O)OC1CC2CCC3(C(=O)OI)CC2CC1C3. The van der Waals surface area contributed by atoms with Gasteiger partial charge < -0.3 is 7.80 Å². The summed E-state index contributed by atoms with van der Waals surface area (Å²) in [4.78, 5) is 23.4. The summed E-state index contributed by atoms with van der Waals surface area (Å²) in [6, 6.07) is 0. The maximum atomic E-state index is 12.2. The first-order valence-corrected chi connectivity index (χ1v) is 7.92. The summed E-state index contributed by atoms with van der Waals surface area (Å²) in [6.07, 6.45) is 5.93. The fraction of sp³-hybridized carbons (Fsp3) is 0.857. The van der Waals surface area contributed by atoms with Crippen molar-refractivity contribution in [1.29, 1.82) is 0 Å². The van der Waals surface area contributed by atoms with Gasteiger partial charge in [0.15, 0.2) is 23.0 Å². The number of hydrogen-bond acceptors (Lipinski definition) is 4. The molecule has 3 fully saturated rings. The van der Waals surface area contributed by atoms with Crippen LogP contribution in [-0.2, 0) is 17.4 Å². The summed E-state index contributed by atoms with van der Waals surface area (Å²) in [5.41, 5.74) is -0.301. The molecule has 0 amide bonds. The third-order valence-electron chi connectivity index (χ3n) is 5.45. The first-order chi connectivity index (χ1) is 9.04. The molecule has 0 aromatic heterocycles. The predicted octanol–water partition coefficient (Wildman–Crippen LogP) is 3.03. The zero-order valence-electron chi connectivity index (χ0n) is 11.1. The van der Waals surface area contributed by atoms with Gasteiger partial charge in [-0.1, -0.05) is 0 Å². The second-order valence-corrected chi connectivity index (χ2v) is 6.93. The molecule has 3 rings (SSSR count). The smallest absolute Gasteiger partial charge is 0.321 e. The molecule has 4 nitrogen and oxygen atoms in total. The molecule has 19 heavy (non-hydrogen) atoms. The van der Waals surface area contributed by atoms with E-state index >= 15 is 0 Å². The maximum absolute atomic E-state index is 12.2. The maximum Gasteiger partial charge on any atom is 0.321 e. The Morgan fingerprint density at radius 1 is 1.16 bits per heavy atom. The number of carbonyl (C=O) groups is 2.